The number of rotatable bonds is 6. The van der Waals surface area contributed by atoms with Gasteiger partial charge in [-0.2, -0.15) is 5.26 Å². The van der Waals surface area contributed by atoms with E-state index < -0.39 is 18.6 Å². The second kappa shape index (κ2) is 9.62. The number of aliphatic hydroxyl groups excluding tert-OH is 2. The van der Waals surface area contributed by atoms with Crippen LogP contribution in [0.1, 0.15) is 12.0 Å². The van der Waals surface area contributed by atoms with E-state index in [1.807, 2.05) is 24.3 Å². The molecule has 0 bridgehead atoms. The molecule has 2 aliphatic rings. The van der Waals surface area contributed by atoms with Gasteiger partial charge >= 0.3 is 0 Å². The molecule has 0 radical (unpaired) electrons. The lowest BCUT2D eigenvalue weighted by Crippen LogP contribution is -2.45. The van der Waals surface area contributed by atoms with Crippen LogP contribution in [0.25, 0.3) is 18.2 Å². The van der Waals surface area contributed by atoms with Crippen LogP contribution in [0, 0.1) is 11.3 Å². The predicted molar refractivity (Wildman–Crippen MR) is 105 cm³/mol. The number of carbonyl (C=O) groups excluding carboxylic acids is 1. The summed E-state index contributed by atoms with van der Waals surface area (Å²) in [6.45, 7) is 2.87. The molecule has 1 aliphatic heterocycles. The molecule has 7 nitrogen and oxygen atoms in total. The van der Waals surface area contributed by atoms with Crippen molar-refractivity contribution in [2.24, 2.45) is 0 Å². The number of benzene rings is 1. The van der Waals surface area contributed by atoms with Crippen molar-refractivity contribution in [2.75, 3.05) is 39.5 Å². The summed E-state index contributed by atoms with van der Waals surface area (Å²) in [6.07, 6.45) is 5.86. The first kappa shape index (κ1) is 20.2. The van der Waals surface area contributed by atoms with Gasteiger partial charge in [0, 0.05) is 25.7 Å². The Kier molecular flexibility index (Phi) is 6.95. The van der Waals surface area contributed by atoms with Crippen molar-refractivity contribution in [3.05, 3.63) is 39.8 Å². The highest BCUT2D eigenvalue weighted by Crippen LogP contribution is 2.12. The van der Waals surface area contributed by atoms with Crippen molar-refractivity contribution < 1.29 is 19.7 Å². The lowest BCUT2D eigenvalue weighted by Gasteiger charge is -2.33. The number of nitrogens with one attached hydrogen (secondary N) is 1. The van der Waals surface area contributed by atoms with Crippen LogP contribution >= 0.6 is 0 Å². The van der Waals surface area contributed by atoms with Gasteiger partial charge in [-0.1, -0.05) is 24.3 Å². The van der Waals surface area contributed by atoms with E-state index in [1.165, 1.54) is 6.08 Å². The summed E-state index contributed by atoms with van der Waals surface area (Å²) < 4.78 is 5.42. The molecular weight excluding hydrogens is 358 g/mol. The number of fused-ring (bicyclic) bond motifs is 1. The highest BCUT2D eigenvalue weighted by atomic mass is 16.5. The molecule has 3 N–H and O–H groups in total. The molecule has 0 aromatic heterocycles. The average Bonchev–Trinajstić information content (AvgIpc) is 2.75. The molecule has 1 fully saturated rings. The molecule has 28 heavy (non-hydrogen) atoms. The predicted octanol–water partition coefficient (Wildman–Crippen LogP) is -1.27. The molecule has 1 amide bonds. The minimum Gasteiger partial charge on any atom is -0.394 e. The molecule has 1 heterocycles. The fourth-order valence-corrected chi connectivity index (χ4v) is 3.38. The van der Waals surface area contributed by atoms with Gasteiger partial charge < -0.3 is 20.3 Å². The second-order valence-corrected chi connectivity index (χ2v) is 6.93. The van der Waals surface area contributed by atoms with Crippen LogP contribution < -0.4 is 15.8 Å². The van der Waals surface area contributed by atoms with Gasteiger partial charge in [0.1, 0.15) is 11.6 Å². The van der Waals surface area contributed by atoms with Gasteiger partial charge in [0.2, 0.25) is 0 Å². The summed E-state index contributed by atoms with van der Waals surface area (Å²) >= 11 is 0. The zero-order valence-corrected chi connectivity index (χ0v) is 15.7. The fourth-order valence-electron chi connectivity index (χ4n) is 3.38. The monoisotopic (exact) mass is 383 g/mol. The molecule has 1 aromatic carbocycles. The van der Waals surface area contributed by atoms with Crippen LogP contribution in [0.3, 0.4) is 0 Å². The van der Waals surface area contributed by atoms with Crippen LogP contribution in [-0.4, -0.2) is 72.6 Å². The number of nitriles is 1. The number of amides is 1. The Morgan fingerprint density at radius 2 is 2.18 bits per heavy atom. The topological polar surface area (TPSA) is 106 Å². The molecule has 2 unspecified atom stereocenters. The lowest BCUT2D eigenvalue weighted by molar-refractivity contribution is -0.117. The van der Waals surface area contributed by atoms with Gasteiger partial charge in [-0.25, -0.2) is 0 Å². The highest BCUT2D eigenvalue weighted by Gasteiger charge is 2.19. The maximum atomic E-state index is 12.1. The number of carbonyl (C=O) groups is 1. The van der Waals surface area contributed by atoms with Gasteiger partial charge in [0.15, 0.2) is 0 Å². The van der Waals surface area contributed by atoms with Gasteiger partial charge in [-0.15, -0.1) is 0 Å². The first-order valence-corrected chi connectivity index (χ1v) is 9.43. The first-order valence-electron chi connectivity index (χ1n) is 9.43. The lowest BCUT2D eigenvalue weighted by atomic mass is 9.99. The van der Waals surface area contributed by atoms with E-state index in [2.05, 4.69) is 22.4 Å². The van der Waals surface area contributed by atoms with Crippen LogP contribution in [-0.2, 0) is 9.53 Å². The van der Waals surface area contributed by atoms with Crippen LogP contribution in [0.5, 0.6) is 0 Å². The highest BCUT2D eigenvalue weighted by molar-refractivity contribution is 6.01. The van der Waals surface area contributed by atoms with Gasteiger partial charge in [-0.05, 0) is 34.6 Å². The van der Waals surface area contributed by atoms with Crippen molar-refractivity contribution in [2.45, 2.75) is 18.6 Å². The minimum absolute atomic E-state index is 0.0453. The second-order valence-electron chi connectivity index (χ2n) is 6.93. The van der Waals surface area contributed by atoms with Gasteiger partial charge in [0.25, 0.3) is 5.91 Å². The molecule has 1 aliphatic carbocycles. The number of morpholine rings is 1. The number of nitrogens with zero attached hydrogens (tertiary/aromatic N) is 2. The number of hydrogen-bond donors (Lipinski definition) is 3. The van der Waals surface area contributed by atoms with E-state index >= 15 is 0 Å². The third-order valence-corrected chi connectivity index (χ3v) is 4.96. The smallest absolute Gasteiger partial charge is 0.262 e. The maximum Gasteiger partial charge on any atom is 0.262 e. The number of aliphatic hydroxyl groups is 2. The molecule has 1 saturated heterocycles. The van der Waals surface area contributed by atoms with Crippen molar-refractivity contribution in [1.29, 1.82) is 5.26 Å². The first-order chi connectivity index (χ1) is 13.6. The Bertz CT molecular complexity index is 897. The maximum absolute atomic E-state index is 12.1. The molecular formula is C21H25N3O4. The average molecular weight is 383 g/mol. The van der Waals surface area contributed by atoms with Gasteiger partial charge in [-0.3, -0.25) is 9.69 Å². The molecule has 1 aromatic rings. The largest absolute Gasteiger partial charge is 0.394 e. The molecule has 0 saturated carbocycles. The molecule has 2 atom stereocenters. The SMILES string of the molecule is N#C/C(=C\c1ccc2c(c1)=CCC(N1CCOCC1)C=2)C(=O)NCC(O)CO. The third-order valence-electron chi connectivity index (χ3n) is 4.96. The number of hydrogen-bond acceptors (Lipinski definition) is 6. The quantitative estimate of drug-likeness (QED) is 0.418. The molecule has 3 rings (SSSR count). The zero-order chi connectivity index (χ0) is 19.9. The Hall–Kier alpha value is -2.50. The molecule has 148 valence electrons. The van der Waals surface area contributed by atoms with Crippen molar-refractivity contribution in [3.8, 4) is 6.07 Å². The van der Waals surface area contributed by atoms with E-state index in [4.69, 9.17) is 9.84 Å². The van der Waals surface area contributed by atoms with E-state index in [9.17, 15) is 15.2 Å². The van der Waals surface area contributed by atoms with E-state index in [0.717, 1.165) is 48.7 Å². The standard InChI is InChI=1S/C21H25N3O4/c22-12-18(21(27)23-13-20(26)14-25)10-15-1-2-17-11-19(4-3-16(17)9-15)24-5-7-28-8-6-24/h1-3,9-11,19-20,25-26H,4-8,13-14H2,(H,23,27)/b18-10+. The van der Waals surface area contributed by atoms with Crippen molar-refractivity contribution in [3.63, 3.8) is 0 Å². The molecule has 7 heteroatoms. The zero-order valence-electron chi connectivity index (χ0n) is 15.7. The number of ether oxygens (including phenoxy) is 1. The van der Waals surface area contributed by atoms with Crippen LogP contribution in [0.4, 0.5) is 0 Å². The fraction of sp³-hybridized carbons (Fsp3) is 0.429. The Labute approximate surface area is 163 Å². The van der Waals surface area contributed by atoms with Gasteiger partial charge in [0.05, 0.1) is 25.9 Å². The Morgan fingerprint density at radius 3 is 2.89 bits per heavy atom. The van der Waals surface area contributed by atoms with E-state index in [-0.39, 0.29) is 12.1 Å². The van der Waals surface area contributed by atoms with Crippen molar-refractivity contribution in [1.82, 2.24) is 10.2 Å². The summed E-state index contributed by atoms with van der Waals surface area (Å²) in [7, 11) is 0. The summed E-state index contributed by atoms with van der Waals surface area (Å²) in [5, 5.41) is 32.1. The Balaban J connectivity index is 1.75. The van der Waals surface area contributed by atoms with E-state index in [1.54, 1.807) is 0 Å². The normalized spacial score (nSPS) is 20.9. The summed E-state index contributed by atoms with van der Waals surface area (Å²) in [6, 6.07) is 8.12. The Morgan fingerprint density at radius 1 is 1.39 bits per heavy atom. The van der Waals surface area contributed by atoms with E-state index in [0.29, 0.717) is 6.04 Å². The summed E-state index contributed by atoms with van der Waals surface area (Å²) in [5.41, 5.74) is 0.721. The summed E-state index contributed by atoms with van der Waals surface area (Å²) in [5.74, 6) is -0.573. The third kappa shape index (κ3) is 5.06. The van der Waals surface area contributed by atoms with Crippen LogP contribution in [0.2, 0.25) is 0 Å². The summed E-state index contributed by atoms with van der Waals surface area (Å²) in [4.78, 5) is 14.5. The van der Waals surface area contributed by atoms with Crippen LogP contribution in [0.15, 0.2) is 23.8 Å². The molecule has 0 spiro atoms. The van der Waals surface area contributed by atoms with Crippen molar-refractivity contribution >= 4 is 24.1 Å². The minimum atomic E-state index is -1.04.